The maximum absolute atomic E-state index is 13.1. The smallest absolute Gasteiger partial charge is 0.270 e. The molecule has 1 aliphatic heterocycles. The molecule has 154 valence electrons. The maximum atomic E-state index is 13.1. The second-order valence-electron chi connectivity index (χ2n) is 6.64. The van der Waals surface area contributed by atoms with Crippen LogP contribution in [0.2, 0.25) is 5.02 Å². The number of rotatable bonds is 4. The third kappa shape index (κ3) is 4.42. The first-order chi connectivity index (χ1) is 14.9. The Labute approximate surface area is 188 Å². The van der Waals surface area contributed by atoms with E-state index in [1.807, 2.05) is 30.3 Å². The molecule has 8 heteroatoms. The number of ether oxygens (including phenoxy) is 1. The lowest BCUT2D eigenvalue weighted by Gasteiger charge is -2.29. The van der Waals surface area contributed by atoms with Crippen LogP contribution < -0.4 is 20.7 Å². The summed E-state index contributed by atoms with van der Waals surface area (Å²) in [5.74, 6) is 0.118. The predicted molar refractivity (Wildman–Crippen MR) is 125 cm³/mol. The first-order valence-electron chi connectivity index (χ1n) is 9.22. The number of nitrogens with one attached hydrogen (secondary N) is 1. The van der Waals surface area contributed by atoms with Crippen molar-refractivity contribution < 1.29 is 14.3 Å². The third-order valence-electron chi connectivity index (χ3n) is 4.52. The van der Waals surface area contributed by atoms with Crippen molar-refractivity contribution in [3.63, 3.8) is 0 Å². The molecular formula is C23H16ClN3O3S. The number of carbonyl (C=O) groups is 2. The molecule has 1 aliphatic rings. The standard InChI is InChI=1S/C23H16ClN3O3S/c24-15-6-11-20(25)14(12-15)13-19-21(28)26-23(31)27(22(19)29)16-7-9-18(10-8-16)30-17-4-2-1-3-5-17/h1-13H,25H2,(H,26,28,31)/b19-13+. The number of benzene rings is 3. The zero-order chi connectivity index (χ0) is 22.0. The van der Waals surface area contributed by atoms with Crippen LogP contribution in [0.3, 0.4) is 0 Å². The zero-order valence-corrected chi connectivity index (χ0v) is 17.6. The van der Waals surface area contributed by atoms with Gasteiger partial charge in [-0.05, 0) is 78.5 Å². The topological polar surface area (TPSA) is 84.7 Å². The highest BCUT2D eigenvalue weighted by molar-refractivity contribution is 7.80. The van der Waals surface area contributed by atoms with Crippen molar-refractivity contribution in [1.29, 1.82) is 0 Å². The van der Waals surface area contributed by atoms with E-state index in [2.05, 4.69) is 5.32 Å². The summed E-state index contributed by atoms with van der Waals surface area (Å²) in [6.07, 6.45) is 1.40. The van der Waals surface area contributed by atoms with Crippen LogP contribution in [0, 0.1) is 0 Å². The van der Waals surface area contributed by atoms with Crippen LogP contribution in [0.25, 0.3) is 6.08 Å². The Morgan fingerprint density at radius 2 is 1.65 bits per heavy atom. The summed E-state index contributed by atoms with van der Waals surface area (Å²) in [4.78, 5) is 26.8. The minimum Gasteiger partial charge on any atom is -0.457 e. The molecule has 2 amide bonds. The zero-order valence-electron chi connectivity index (χ0n) is 16.0. The SMILES string of the molecule is Nc1ccc(Cl)cc1/C=C1\C(=O)NC(=S)N(c2ccc(Oc3ccccc3)cc2)C1=O. The van der Waals surface area contributed by atoms with Crippen molar-refractivity contribution in [2.75, 3.05) is 10.6 Å². The van der Waals surface area contributed by atoms with Gasteiger partial charge in [-0.2, -0.15) is 0 Å². The van der Waals surface area contributed by atoms with E-state index in [-0.39, 0.29) is 10.7 Å². The molecule has 0 spiro atoms. The lowest BCUT2D eigenvalue weighted by molar-refractivity contribution is -0.122. The summed E-state index contributed by atoms with van der Waals surface area (Å²) in [6, 6.07) is 20.9. The van der Waals surface area contributed by atoms with Crippen molar-refractivity contribution in [2.45, 2.75) is 0 Å². The minimum absolute atomic E-state index is 0.0112. The lowest BCUT2D eigenvalue weighted by atomic mass is 10.1. The van der Waals surface area contributed by atoms with Crippen LogP contribution >= 0.6 is 23.8 Å². The number of amides is 2. The second-order valence-corrected chi connectivity index (χ2v) is 7.46. The van der Waals surface area contributed by atoms with Gasteiger partial charge in [0.1, 0.15) is 17.1 Å². The Balaban J connectivity index is 1.62. The number of nitrogen functional groups attached to an aromatic ring is 1. The van der Waals surface area contributed by atoms with Gasteiger partial charge in [-0.25, -0.2) is 0 Å². The van der Waals surface area contributed by atoms with E-state index in [0.717, 1.165) is 0 Å². The maximum Gasteiger partial charge on any atom is 0.270 e. The number of halogens is 1. The Morgan fingerprint density at radius 1 is 0.968 bits per heavy atom. The molecule has 1 saturated heterocycles. The fourth-order valence-electron chi connectivity index (χ4n) is 3.01. The van der Waals surface area contributed by atoms with Gasteiger partial charge < -0.3 is 10.5 Å². The molecule has 0 atom stereocenters. The molecule has 0 aromatic heterocycles. The van der Waals surface area contributed by atoms with Crippen LogP contribution in [-0.4, -0.2) is 16.9 Å². The molecule has 0 saturated carbocycles. The molecule has 31 heavy (non-hydrogen) atoms. The van der Waals surface area contributed by atoms with E-state index in [1.54, 1.807) is 42.5 Å². The Morgan fingerprint density at radius 3 is 2.35 bits per heavy atom. The first-order valence-corrected chi connectivity index (χ1v) is 10.0. The van der Waals surface area contributed by atoms with Gasteiger partial charge in [0.2, 0.25) is 0 Å². The van der Waals surface area contributed by atoms with E-state index >= 15 is 0 Å². The highest BCUT2D eigenvalue weighted by atomic mass is 35.5. The molecule has 4 rings (SSSR count). The minimum atomic E-state index is -0.602. The fraction of sp³-hybridized carbons (Fsp3) is 0. The van der Waals surface area contributed by atoms with Gasteiger partial charge in [0, 0.05) is 10.7 Å². The van der Waals surface area contributed by atoms with E-state index in [4.69, 9.17) is 34.3 Å². The number of thiocarbonyl (C=S) groups is 1. The summed E-state index contributed by atoms with van der Waals surface area (Å²) >= 11 is 11.2. The Kier molecular flexibility index (Phi) is 5.70. The van der Waals surface area contributed by atoms with Crippen molar-refractivity contribution in [3.05, 3.63) is 89.0 Å². The normalized spacial score (nSPS) is 15.2. The predicted octanol–water partition coefficient (Wildman–Crippen LogP) is 4.55. The molecule has 3 aromatic rings. The Bertz CT molecular complexity index is 1210. The molecular weight excluding hydrogens is 434 g/mol. The summed E-state index contributed by atoms with van der Waals surface area (Å²) in [6.45, 7) is 0. The quantitative estimate of drug-likeness (QED) is 0.264. The summed E-state index contributed by atoms with van der Waals surface area (Å²) < 4.78 is 5.77. The van der Waals surface area contributed by atoms with Crippen LogP contribution in [0.15, 0.2) is 78.4 Å². The average Bonchev–Trinajstić information content (AvgIpc) is 2.75. The van der Waals surface area contributed by atoms with Gasteiger partial charge >= 0.3 is 0 Å². The van der Waals surface area contributed by atoms with E-state index in [1.165, 1.54) is 11.0 Å². The molecule has 1 fully saturated rings. The van der Waals surface area contributed by atoms with Crippen LogP contribution in [0.1, 0.15) is 5.56 Å². The number of para-hydroxylation sites is 1. The number of anilines is 2. The first kappa shape index (κ1) is 20.6. The molecule has 0 radical (unpaired) electrons. The summed E-state index contributed by atoms with van der Waals surface area (Å²) in [7, 11) is 0. The molecule has 0 unspecified atom stereocenters. The monoisotopic (exact) mass is 449 g/mol. The van der Waals surface area contributed by atoms with Gasteiger partial charge in [-0.3, -0.25) is 19.8 Å². The highest BCUT2D eigenvalue weighted by Crippen LogP contribution is 2.28. The number of nitrogens with zero attached hydrogens (tertiary/aromatic N) is 1. The Hall–Kier alpha value is -3.68. The molecule has 3 aromatic carbocycles. The summed E-state index contributed by atoms with van der Waals surface area (Å²) in [5.41, 5.74) is 7.18. The van der Waals surface area contributed by atoms with Gasteiger partial charge in [-0.15, -0.1) is 0 Å². The summed E-state index contributed by atoms with van der Waals surface area (Å²) in [5, 5.41) is 2.97. The van der Waals surface area contributed by atoms with Crippen LogP contribution in [0.4, 0.5) is 11.4 Å². The largest absolute Gasteiger partial charge is 0.457 e. The average molecular weight is 450 g/mol. The number of hydrogen-bond acceptors (Lipinski definition) is 5. The van der Waals surface area contributed by atoms with Crippen LogP contribution in [0.5, 0.6) is 11.5 Å². The molecule has 6 nitrogen and oxygen atoms in total. The van der Waals surface area contributed by atoms with Gasteiger partial charge in [0.05, 0.1) is 5.69 Å². The van der Waals surface area contributed by atoms with E-state index in [0.29, 0.717) is 33.5 Å². The number of hydrogen-bond donors (Lipinski definition) is 2. The molecule has 0 aliphatic carbocycles. The van der Waals surface area contributed by atoms with Gasteiger partial charge in [0.15, 0.2) is 5.11 Å². The van der Waals surface area contributed by atoms with Crippen molar-refractivity contribution in [1.82, 2.24) is 5.32 Å². The highest BCUT2D eigenvalue weighted by Gasteiger charge is 2.34. The van der Waals surface area contributed by atoms with Crippen molar-refractivity contribution >= 4 is 58.2 Å². The number of nitrogens with two attached hydrogens (primary N) is 1. The van der Waals surface area contributed by atoms with Gasteiger partial charge in [0.25, 0.3) is 11.8 Å². The van der Waals surface area contributed by atoms with E-state index in [9.17, 15) is 9.59 Å². The fourth-order valence-corrected chi connectivity index (χ4v) is 3.47. The number of carbonyl (C=O) groups excluding carboxylic acids is 2. The lowest BCUT2D eigenvalue weighted by Crippen LogP contribution is -2.54. The molecule has 3 N–H and O–H groups in total. The molecule has 0 bridgehead atoms. The van der Waals surface area contributed by atoms with Crippen molar-refractivity contribution in [3.8, 4) is 11.5 Å². The third-order valence-corrected chi connectivity index (χ3v) is 5.04. The second kappa shape index (κ2) is 8.59. The van der Waals surface area contributed by atoms with Crippen molar-refractivity contribution in [2.24, 2.45) is 0 Å². The molecule has 1 heterocycles. The van der Waals surface area contributed by atoms with Crippen LogP contribution in [-0.2, 0) is 9.59 Å². The van der Waals surface area contributed by atoms with Gasteiger partial charge in [-0.1, -0.05) is 29.8 Å². The van der Waals surface area contributed by atoms with E-state index < -0.39 is 11.8 Å².